The molecule has 0 saturated carbocycles. The Hall–Kier alpha value is -1.11. The molecule has 0 bridgehead atoms. The van der Waals surface area contributed by atoms with E-state index in [-0.39, 0.29) is 11.4 Å². The smallest absolute Gasteiger partial charge is 0.241 e. The fourth-order valence-electron chi connectivity index (χ4n) is 1.71. The summed E-state index contributed by atoms with van der Waals surface area (Å²) in [7, 11) is -3.60. The van der Waals surface area contributed by atoms with E-state index in [2.05, 4.69) is 4.72 Å². The summed E-state index contributed by atoms with van der Waals surface area (Å²) in [4.78, 5) is 0.229. The average Bonchev–Trinajstić information content (AvgIpc) is 2.12. The average molecular weight is 258 g/mol. The van der Waals surface area contributed by atoms with Gasteiger partial charge in [-0.3, -0.25) is 0 Å². The van der Waals surface area contributed by atoms with Crippen LogP contribution < -0.4 is 10.5 Å². The third kappa shape index (κ3) is 3.42. The molecule has 0 radical (unpaired) electrons. The maximum absolute atomic E-state index is 12.0. The molecule has 1 atom stereocenters. The molecule has 0 aromatic heterocycles. The van der Waals surface area contributed by atoms with Crippen molar-refractivity contribution < 1.29 is 13.5 Å². The Bertz CT molecular complexity index is 486. The number of benzene rings is 1. The van der Waals surface area contributed by atoms with Gasteiger partial charge in [0.15, 0.2) is 0 Å². The van der Waals surface area contributed by atoms with E-state index in [1.54, 1.807) is 26.0 Å². The maximum Gasteiger partial charge on any atom is 0.241 e. The number of anilines is 1. The molecule has 17 heavy (non-hydrogen) atoms. The Kier molecular flexibility index (Phi) is 4.13. The first-order chi connectivity index (χ1) is 7.74. The van der Waals surface area contributed by atoms with Crippen molar-refractivity contribution in [2.45, 2.75) is 31.8 Å². The number of nitrogens with two attached hydrogens (primary N) is 1. The summed E-state index contributed by atoms with van der Waals surface area (Å²) < 4.78 is 26.4. The van der Waals surface area contributed by atoms with Gasteiger partial charge in [-0.05, 0) is 44.0 Å². The molecule has 0 fully saturated rings. The van der Waals surface area contributed by atoms with Gasteiger partial charge in [0.2, 0.25) is 10.0 Å². The molecule has 0 aliphatic carbocycles. The first kappa shape index (κ1) is 14.0. The highest BCUT2D eigenvalue weighted by Gasteiger charge is 2.19. The molecule has 0 unspecified atom stereocenters. The summed E-state index contributed by atoms with van der Waals surface area (Å²) in [5, 5.41) is 9.10. The lowest BCUT2D eigenvalue weighted by atomic mass is 10.1. The molecule has 1 aromatic rings. The largest absolute Gasteiger partial charge is 0.399 e. The standard InChI is InChI=1S/C11H18N2O3S/c1-7-4-10(12)5-8(2)11(7)17(15,16)13-6-9(3)14/h4-5,9,13-14H,6,12H2,1-3H3/t9-/m1/s1. The van der Waals surface area contributed by atoms with Gasteiger partial charge in [0.25, 0.3) is 0 Å². The highest BCUT2D eigenvalue weighted by atomic mass is 32.2. The van der Waals surface area contributed by atoms with Crippen LogP contribution in [0.2, 0.25) is 0 Å². The lowest BCUT2D eigenvalue weighted by Gasteiger charge is -2.13. The van der Waals surface area contributed by atoms with Gasteiger partial charge in [-0.2, -0.15) is 0 Å². The first-order valence-electron chi connectivity index (χ1n) is 5.28. The zero-order valence-corrected chi connectivity index (χ0v) is 11.0. The van der Waals surface area contributed by atoms with Crippen LogP contribution in [0.25, 0.3) is 0 Å². The highest BCUT2D eigenvalue weighted by Crippen LogP contribution is 2.22. The number of rotatable bonds is 4. The van der Waals surface area contributed by atoms with Crippen molar-refractivity contribution in [3.8, 4) is 0 Å². The quantitative estimate of drug-likeness (QED) is 0.687. The number of sulfonamides is 1. The van der Waals surface area contributed by atoms with Crippen molar-refractivity contribution in [2.24, 2.45) is 0 Å². The van der Waals surface area contributed by atoms with E-state index in [4.69, 9.17) is 10.8 Å². The van der Waals surface area contributed by atoms with Gasteiger partial charge in [0.1, 0.15) is 0 Å². The third-order valence-corrected chi connectivity index (χ3v) is 4.05. The molecular weight excluding hydrogens is 240 g/mol. The Morgan fingerprint density at radius 1 is 1.35 bits per heavy atom. The van der Waals surface area contributed by atoms with Crippen LogP contribution in [0.15, 0.2) is 17.0 Å². The van der Waals surface area contributed by atoms with E-state index in [1.165, 1.54) is 6.92 Å². The van der Waals surface area contributed by atoms with E-state index in [9.17, 15) is 8.42 Å². The normalized spacial score (nSPS) is 13.6. The van der Waals surface area contributed by atoms with Gasteiger partial charge in [-0.15, -0.1) is 0 Å². The predicted molar refractivity (Wildman–Crippen MR) is 67.2 cm³/mol. The summed E-state index contributed by atoms with van der Waals surface area (Å²) >= 11 is 0. The minimum absolute atomic E-state index is 0.00834. The van der Waals surface area contributed by atoms with Gasteiger partial charge in [-0.1, -0.05) is 0 Å². The van der Waals surface area contributed by atoms with E-state index in [0.717, 1.165) is 0 Å². The summed E-state index contributed by atoms with van der Waals surface area (Å²) in [6.45, 7) is 4.90. The minimum Gasteiger partial charge on any atom is -0.399 e. The van der Waals surface area contributed by atoms with Gasteiger partial charge in [-0.25, -0.2) is 13.1 Å². The summed E-state index contributed by atoms with van der Waals surface area (Å²) in [6, 6.07) is 3.23. The Morgan fingerprint density at radius 2 is 1.82 bits per heavy atom. The molecule has 1 aromatic carbocycles. The van der Waals surface area contributed by atoms with Crippen molar-refractivity contribution in [3.05, 3.63) is 23.3 Å². The molecule has 4 N–H and O–H groups in total. The van der Waals surface area contributed by atoms with E-state index < -0.39 is 16.1 Å². The van der Waals surface area contributed by atoms with Crippen LogP contribution >= 0.6 is 0 Å². The molecule has 0 heterocycles. The SMILES string of the molecule is Cc1cc(N)cc(C)c1S(=O)(=O)NC[C@@H](C)O. The molecular formula is C11H18N2O3S. The molecule has 0 amide bonds. The van der Waals surface area contributed by atoms with Crippen molar-refractivity contribution in [3.63, 3.8) is 0 Å². The van der Waals surface area contributed by atoms with Crippen LogP contribution in [0.5, 0.6) is 0 Å². The molecule has 0 aliphatic rings. The zero-order chi connectivity index (χ0) is 13.2. The Balaban J connectivity index is 3.16. The van der Waals surface area contributed by atoms with Gasteiger partial charge >= 0.3 is 0 Å². The second kappa shape index (κ2) is 5.03. The van der Waals surface area contributed by atoms with Crippen molar-refractivity contribution in [1.29, 1.82) is 0 Å². The van der Waals surface area contributed by atoms with Crippen LogP contribution in [0.3, 0.4) is 0 Å². The van der Waals surface area contributed by atoms with Gasteiger partial charge in [0, 0.05) is 12.2 Å². The molecule has 96 valence electrons. The van der Waals surface area contributed by atoms with Gasteiger partial charge in [0.05, 0.1) is 11.0 Å². The fourth-order valence-corrected chi connectivity index (χ4v) is 3.28. The lowest BCUT2D eigenvalue weighted by Crippen LogP contribution is -2.31. The maximum atomic E-state index is 12.0. The summed E-state index contributed by atoms with van der Waals surface area (Å²) in [5.74, 6) is 0. The minimum atomic E-state index is -3.60. The Morgan fingerprint density at radius 3 is 2.24 bits per heavy atom. The topological polar surface area (TPSA) is 92.4 Å². The monoisotopic (exact) mass is 258 g/mol. The zero-order valence-electron chi connectivity index (χ0n) is 10.2. The number of hydrogen-bond donors (Lipinski definition) is 3. The molecule has 6 heteroatoms. The third-order valence-electron chi connectivity index (χ3n) is 2.32. The first-order valence-corrected chi connectivity index (χ1v) is 6.77. The van der Waals surface area contributed by atoms with Crippen molar-refractivity contribution >= 4 is 15.7 Å². The summed E-state index contributed by atoms with van der Waals surface area (Å²) in [6.07, 6.45) is -0.723. The van der Waals surface area contributed by atoms with E-state index in [1.807, 2.05) is 0 Å². The number of nitrogens with one attached hydrogen (secondary N) is 1. The van der Waals surface area contributed by atoms with Crippen LogP contribution in [-0.2, 0) is 10.0 Å². The molecule has 5 nitrogen and oxygen atoms in total. The summed E-state index contributed by atoms with van der Waals surface area (Å²) in [5.41, 5.74) is 7.37. The number of aliphatic hydroxyl groups excluding tert-OH is 1. The van der Waals surface area contributed by atoms with E-state index >= 15 is 0 Å². The highest BCUT2D eigenvalue weighted by molar-refractivity contribution is 7.89. The van der Waals surface area contributed by atoms with Gasteiger partial charge < -0.3 is 10.8 Å². The second-order valence-electron chi connectivity index (χ2n) is 4.18. The number of aryl methyl sites for hydroxylation is 2. The molecule has 1 rings (SSSR count). The number of aliphatic hydroxyl groups is 1. The number of nitrogen functional groups attached to an aromatic ring is 1. The van der Waals surface area contributed by atoms with E-state index in [0.29, 0.717) is 16.8 Å². The van der Waals surface area contributed by atoms with Crippen LogP contribution in [-0.4, -0.2) is 26.2 Å². The molecule has 0 aliphatic heterocycles. The van der Waals surface area contributed by atoms with Crippen molar-refractivity contribution in [2.75, 3.05) is 12.3 Å². The van der Waals surface area contributed by atoms with Crippen LogP contribution in [0.1, 0.15) is 18.1 Å². The van der Waals surface area contributed by atoms with Crippen LogP contribution in [0, 0.1) is 13.8 Å². The predicted octanol–water partition coefficient (Wildman–Crippen LogP) is 0.545. The molecule has 0 saturated heterocycles. The number of hydrogen-bond acceptors (Lipinski definition) is 4. The second-order valence-corrected chi connectivity index (χ2v) is 5.89. The van der Waals surface area contributed by atoms with Crippen LogP contribution in [0.4, 0.5) is 5.69 Å². The fraction of sp³-hybridized carbons (Fsp3) is 0.455. The lowest BCUT2D eigenvalue weighted by molar-refractivity contribution is 0.198. The molecule has 0 spiro atoms. The van der Waals surface area contributed by atoms with Crippen molar-refractivity contribution in [1.82, 2.24) is 4.72 Å². The Labute approximate surface area is 102 Å².